The molecule has 22 heavy (non-hydrogen) atoms. The molecule has 0 amide bonds. The first-order valence-corrected chi connectivity index (χ1v) is 8.61. The number of rotatable bonds is 7. The van der Waals surface area contributed by atoms with E-state index in [0.717, 1.165) is 11.3 Å². The van der Waals surface area contributed by atoms with E-state index in [4.69, 9.17) is 4.74 Å². The molecule has 1 rings (SSSR count). The molecule has 0 unspecified atom stereocenters. The van der Waals surface area contributed by atoms with E-state index < -0.39 is 9.84 Å². The minimum absolute atomic E-state index is 0. The fourth-order valence-corrected chi connectivity index (χ4v) is 2.42. The van der Waals surface area contributed by atoms with Gasteiger partial charge < -0.3 is 15.4 Å². The molecule has 0 spiro atoms. The molecule has 1 aromatic rings. The van der Waals surface area contributed by atoms with Crippen LogP contribution in [-0.2, 0) is 16.4 Å². The average Bonchev–Trinajstić information content (AvgIpc) is 2.50. The second-order valence-electron chi connectivity index (χ2n) is 4.40. The predicted molar refractivity (Wildman–Crippen MR) is 101 cm³/mol. The fraction of sp³-hybridized carbons (Fsp3) is 0.500. The summed E-state index contributed by atoms with van der Waals surface area (Å²) in [7, 11) is 0.305. The van der Waals surface area contributed by atoms with Gasteiger partial charge in [0.1, 0.15) is 5.75 Å². The zero-order chi connectivity index (χ0) is 15.7. The van der Waals surface area contributed by atoms with Crippen molar-refractivity contribution in [3.8, 4) is 5.75 Å². The Hall–Kier alpha value is -1.03. The topological polar surface area (TPSA) is 79.8 Å². The number of para-hydroxylation sites is 1. The van der Waals surface area contributed by atoms with E-state index >= 15 is 0 Å². The number of halogens is 1. The first-order valence-electron chi connectivity index (χ1n) is 6.79. The number of guanidine groups is 1. The molecule has 0 saturated carbocycles. The molecule has 2 N–H and O–H groups in total. The molecule has 126 valence electrons. The van der Waals surface area contributed by atoms with Crippen LogP contribution in [0, 0.1) is 0 Å². The Kier molecular flexibility index (Phi) is 10.2. The molecular formula is C14H24IN3O3S. The molecule has 8 heteroatoms. The second-order valence-corrected chi connectivity index (χ2v) is 6.87. The molecule has 0 radical (unpaired) electrons. The number of sulfone groups is 1. The minimum Gasteiger partial charge on any atom is -0.496 e. The van der Waals surface area contributed by atoms with Crippen molar-refractivity contribution in [2.24, 2.45) is 4.99 Å². The average molecular weight is 441 g/mol. The highest BCUT2D eigenvalue weighted by molar-refractivity contribution is 14.0. The summed E-state index contributed by atoms with van der Waals surface area (Å²) in [6, 6.07) is 7.69. The highest BCUT2D eigenvalue weighted by Crippen LogP contribution is 2.16. The minimum atomic E-state index is -2.97. The molecule has 0 saturated heterocycles. The summed E-state index contributed by atoms with van der Waals surface area (Å²) in [5, 5.41) is 6.12. The van der Waals surface area contributed by atoms with Gasteiger partial charge in [-0.25, -0.2) is 8.42 Å². The quantitative estimate of drug-likeness (QED) is 0.380. The van der Waals surface area contributed by atoms with Gasteiger partial charge in [0, 0.05) is 31.5 Å². The van der Waals surface area contributed by atoms with Crippen molar-refractivity contribution in [2.45, 2.75) is 13.5 Å². The van der Waals surface area contributed by atoms with Crippen molar-refractivity contribution in [1.29, 1.82) is 0 Å². The Balaban J connectivity index is 0.00000441. The van der Waals surface area contributed by atoms with E-state index in [1.54, 1.807) is 21.1 Å². The third-order valence-corrected chi connectivity index (χ3v) is 4.71. The number of nitrogens with zero attached hydrogens (tertiary/aromatic N) is 1. The van der Waals surface area contributed by atoms with E-state index in [1.165, 1.54) is 0 Å². The normalized spacial score (nSPS) is 11.5. The van der Waals surface area contributed by atoms with Gasteiger partial charge in [-0.05, 0) is 6.07 Å². The van der Waals surface area contributed by atoms with Crippen LogP contribution in [-0.4, -0.2) is 46.6 Å². The van der Waals surface area contributed by atoms with Gasteiger partial charge in [0.2, 0.25) is 0 Å². The summed E-state index contributed by atoms with van der Waals surface area (Å²) < 4.78 is 28.1. The number of benzene rings is 1. The van der Waals surface area contributed by atoms with Crippen LogP contribution in [0.4, 0.5) is 0 Å². The summed E-state index contributed by atoms with van der Waals surface area (Å²) >= 11 is 0. The molecule has 0 heterocycles. The predicted octanol–water partition coefficient (Wildman–Crippen LogP) is 1.41. The number of hydrogen-bond acceptors (Lipinski definition) is 4. The van der Waals surface area contributed by atoms with Crippen molar-refractivity contribution in [2.75, 3.05) is 32.2 Å². The molecular weight excluding hydrogens is 417 g/mol. The molecule has 0 aromatic heterocycles. The lowest BCUT2D eigenvalue weighted by Gasteiger charge is -2.13. The van der Waals surface area contributed by atoms with Gasteiger partial charge in [-0.2, -0.15) is 0 Å². The third-order valence-electron chi connectivity index (χ3n) is 3.01. The Labute approximate surface area is 149 Å². The van der Waals surface area contributed by atoms with Crippen molar-refractivity contribution < 1.29 is 13.2 Å². The Morgan fingerprint density at radius 3 is 2.55 bits per heavy atom. The second kappa shape index (κ2) is 10.7. The van der Waals surface area contributed by atoms with E-state index in [-0.39, 0.29) is 35.5 Å². The standard InChI is InChI=1S/C14H23N3O3S.HI/c1-4-21(18,19)10-9-16-14(15-2)17-11-12-7-5-6-8-13(12)20-3;/h5-8H,4,9-11H2,1-3H3,(H2,15,16,17);1H. The van der Waals surface area contributed by atoms with Gasteiger partial charge in [0.05, 0.1) is 12.9 Å². The number of methoxy groups -OCH3 is 1. The Bertz CT molecular complexity index is 576. The van der Waals surface area contributed by atoms with Crippen molar-refractivity contribution in [3.05, 3.63) is 29.8 Å². The molecule has 0 aliphatic carbocycles. The highest BCUT2D eigenvalue weighted by atomic mass is 127. The first kappa shape index (κ1) is 21.0. The molecule has 0 bridgehead atoms. The first-order chi connectivity index (χ1) is 10.0. The lowest BCUT2D eigenvalue weighted by Crippen LogP contribution is -2.39. The van der Waals surface area contributed by atoms with E-state index in [2.05, 4.69) is 15.6 Å². The molecule has 0 aliphatic rings. The SMILES string of the molecule is CCS(=O)(=O)CCNC(=NC)NCc1ccccc1OC.I. The van der Waals surface area contributed by atoms with Crippen LogP contribution < -0.4 is 15.4 Å². The third kappa shape index (κ3) is 7.30. The highest BCUT2D eigenvalue weighted by Gasteiger charge is 2.08. The lowest BCUT2D eigenvalue weighted by molar-refractivity contribution is 0.409. The summed E-state index contributed by atoms with van der Waals surface area (Å²) in [6.07, 6.45) is 0. The zero-order valence-corrected chi connectivity index (χ0v) is 16.3. The zero-order valence-electron chi connectivity index (χ0n) is 13.1. The lowest BCUT2D eigenvalue weighted by atomic mass is 10.2. The number of ether oxygens (including phenoxy) is 1. The maximum Gasteiger partial charge on any atom is 0.191 e. The monoisotopic (exact) mass is 441 g/mol. The number of aliphatic imine (C=N–C) groups is 1. The maximum atomic E-state index is 11.4. The number of hydrogen-bond donors (Lipinski definition) is 2. The van der Waals surface area contributed by atoms with E-state index in [0.29, 0.717) is 19.0 Å². The van der Waals surface area contributed by atoms with Crippen LogP contribution >= 0.6 is 24.0 Å². The molecule has 0 fully saturated rings. The molecule has 1 aromatic carbocycles. The molecule has 0 aliphatic heterocycles. The molecule has 0 atom stereocenters. The van der Waals surface area contributed by atoms with E-state index in [9.17, 15) is 8.42 Å². The van der Waals surface area contributed by atoms with Crippen LogP contribution in [0.25, 0.3) is 0 Å². The van der Waals surface area contributed by atoms with Crippen molar-refractivity contribution in [3.63, 3.8) is 0 Å². The smallest absolute Gasteiger partial charge is 0.191 e. The van der Waals surface area contributed by atoms with Crippen LogP contribution in [0.1, 0.15) is 12.5 Å². The summed E-state index contributed by atoms with van der Waals surface area (Å²) in [4.78, 5) is 4.06. The van der Waals surface area contributed by atoms with Crippen molar-refractivity contribution in [1.82, 2.24) is 10.6 Å². The Morgan fingerprint density at radius 1 is 1.27 bits per heavy atom. The largest absolute Gasteiger partial charge is 0.496 e. The maximum absolute atomic E-state index is 11.4. The molecule has 6 nitrogen and oxygen atoms in total. The van der Waals surface area contributed by atoms with Gasteiger partial charge in [-0.3, -0.25) is 4.99 Å². The van der Waals surface area contributed by atoms with Crippen LogP contribution in [0.3, 0.4) is 0 Å². The van der Waals surface area contributed by atoms with Gasteiger partial charge in [0.25, 0.3) is 0 Å². The van der Waals surface area contributed by atoms with Crippen LogP contribution in [0.15, 0.2) is 29.3 Å². The van der Waals surface area contributed by atoms with E-state index in [1.807, 2.05) is 24.3 Å². The van der Waals surface area contributed by atoms with Gasteiger partial charge >= 0.3 is 0 Å². The van der Waals surface area contributed by atoms with Gasteiger partial charge in [-0.1, -0.05) is 25.1 Å². The fourth-order valence-electron chi connectivity index (χ4n) is 1.72. The van der Waals surface area contributed by atoms with Crippen LogP contribution in [0.5, 0.6) is 5.75 Å². The summed E-state index contributed by atoms with van der Waals surface area (Å²) in [5.41, 5.74) is 1.00. The van der Waals surface area contributed by atoms with Gasteiger partial charge in [0.15, 0.2) is 15.8 Å². The number of nitrogens with one attached hydrogen (secondary N) is 2. The van der Waals surface area contributed by atoms with Gasteiger partial charge in [-0.15, -0.1) is 24.0 Å². The Morgan fingerprint density at radius 2 is 1.95 bits per heavy atom. The summed E-state index contributed by atoms with van der Waals surface area (Å²) in [5.74, 6) is 1.61. The van der Waals surface area contributed by atoms with Crippen molar-refractivity contribution >= 4 is 39.8 Å². The van der Waals surface area contributed by atoms with Crippen LogP contribution in [0.2, 0.25) is 0 Å². The summed E-state index contributed by atoms with van der Waals surface area (Å²) in [6.45, 7) is 2.52.